The van der Waals surface area contributed by atoms with Gasteiger partial charge in [0.25, 0.3) is 5.91 Å². The molecule has 0 radical (unpaired) electrons. The zero-order chi connectivity index (χ0) is 16.6. The monoisotopic (exact) mass is 435 g/mol. The lowest BCUT2D eigenvalue weighted by Crippen LogP contribution is -2.20. The second-order valence-electron chi connectivity index (χ2n) is 5.07. The molecule has 4 nitrogen and oxygen atoms in total. The van der Waals surface area contributed by atoms with E-state index in [0.29, 0.717) is 21.1 Å². The third-order valence-corrected chi connectivity index (χ3v) is 4.35. The molecule has 0 bridgehead atoms. The second-order valence-corrected chi connectivity index (χ2v) is 6.84. The van der Waals surface area contributed by atoms with Gasteiger partial charge in [-0.2, -0.15) is 0 Å². The minimum absolute atomic E-state index is 0.0388. The van der Waals surface area contributed by atoms with E-state index in [-0.39, 0.29) is 5.56 Å². The Hall–Kier alpha value is -1.92. The fourth-order valence-electron chi connectivity index (χ4n) is 2.15. The average molecular weight is 437 g/mol. The number of carbonyl (C=O) groups excluding carboxylic acids is 1. The van der Waals surface area contributed by atoms with Crippen LogP contribution in [0.5, 0.6) is 0 Å². The Bertz CT molecular complexity index is 962. The zero-order valence-electron chi connectivity index (χ0n) is 12.0. The van der Waals surface area contributed by atoms with Crippen molar-refractivity contribution in [2.45, 2.75) is 6.92 Å². The summed E-state index contributed by atoms with van der Waals surface area (Å²) in [6, 6.07) is 12.4. The molecule has 1 amide bonds. The van der Waals surface area contributed by atoms with Crippen molar-refractivity contribution in [3.63, 3.8) is 0 Å². The predicted molar refractivity (Wildman–Crippen MR) is 97.0 cm³/mol. The van der Waals surface area contributed by atoms with Crippen molar-refractivity contribution in [1.82, 2.24) is 0 Å². The number of amides is 1. The first-order valence-corrected chi connectivity index (χ1v) is 8.33. The molecule has 0 saturated heterocycles. The highest BCUT2D eigenvalue weighted by Crippen LogP contribution is 2.28. The van der Waals surface area contributed by atoms with E-state index < -0.39 is 11.5 Å². The van der Waals surface area contributed by atoms with E-state index in [0.717, 1.165) is 10.0 Å². The number of nitrogens with one attached hydrogen (secondary N) is 1. The predicted octanol–water partition coefficient (Wildman–Crippen LogP) is 4.88. The van der Waals surface area contributed by atoms with Gasteiger partial charge in [-0.1, -0.05) is 33.6 Å². The van der Waals surface area contributed by atoms with Gasteiger partial charge in [0, 0.05) is 15.5 Å². The molecule has 1 N–H and O–H groups in total. The Morgan fingerprint density at radius 2 is 1.78 bits per heavy atom. The number of hydrogen-bond acceptors (Lipinski definition) is 3. The minimum atomic E-state index is -0.676. The molecule has 0 unspecified atom stereocenters. The second kappa shape index (κ2) is 6.29. The number of aryl methyl sites for hydroxylation is 1. The summed E-state index contributed by atoms with van der Waals surface area (Å²) >= 11 is 6.71. The van der Waals surface area contributed by atoms with Crippen LogP contribution in [0.3, 0.4) is 0 Å². The quantitative estimate of drug-likeness (QED) is 0.582. The van der Waals surface area contributed by atoms with Gasteiger partial charge in [-0.15, -0.1) is 0 Å². The maximum absolute atomic E-state index is 12.3. The molecule has 0 aliphatic rings. The first-order valence-electron chi connectivity index (χ1n) is 6.75. The summed E-state index contributed by atoms with van der Waals surface area (Å²) in [6.45, 7) is 1.96. The topological polar surface area (TPSA) is 59.3 Å². The molecule has 116 valence electrons. The average Bonchev–Trinajstić information content (AvgIpc) is 2.50. The van der Waals surface area contributed by atoms with Crippen LogP contribution in [0.25, 0.3) is 11.0 Å². The van der Waals surface area contributed by atoms with Crippen LogP contribution in [0.2, 0.25) is 0 Å². The molecular formula is C17H11Br2NO3. The van der Waals surface area contributed by atoms with Crippen LogP contribution in [-0.4, -0.2) is 5.91 Å². The highest BCUT2D eigenvalue weighted by molar-refractivity contribution is 9.11. The maximum atomic E-state index is 12.3. The fraction of sp³-hybridized carbons (Fsp3) is 0.0588. The van der Waals surface area contributed by atoms with E-state index in [2.05, 4.69) is 37.2 Å². The largest absolute Gasteiger partial charge is 0.421 e. The Labute approximate surface area is 148 Å². The lowest BCUT2D eigenvalue weighted by atomic mass is 10.1. The van der Waals surface area contributed by atoms with Gasteiger partial charge in [0.15, 0.2) is 5.58 Å². The molecule has 3 aromatic rings. The van der Waals surface area contributed by atoms with Crippen LogP contribution >= 0.6 is 31.9 Å². The lowest BCUT2D eigenvalue weighted by Gasteiger charge is -2.06. The summed E-state index contributed by atoms with van der Waals surface area (Å²) in [5, 5.41) is 3.35. The van der Waals surface area contributed by atoms with Gasteiger partial charge in [0.1, 0.15) is 5.56 Å². The van der Waals surface area contributed by atoms with Crippen molar-refractivity contribution < 1.29 is 9.21 Å². The molecule has 6 heteroatoms. The van der Waals surface area contributed by atoms with Crippen LogP contribution in [0.4, 0.5) is 5.69 Å². The molecule has 0 fully saturated rings. The number of anilines is 1. The highest BCUT2D eigenvalue weighted by Gasteiger charge is 2.15. The molecule has 1 heterocycles. The SMILES string of the molecule is Cc1ccc(NC(=O)c2cc3cc(Br)cc(Br)c3oc2=O)cc1. The third kappa shape index (κ3) is 3.38. The molecule has 23 heavy (non-hydrogen) atoms. The summed E-state index contributed by atoms with van der Waals surface area (Å²) in [5.74, 6) is -0.499. The first-order chi connectivity index (χ1) is 10.9. The van der Waals surface area contributed by atoms with E-state index in [1.807, 2.05) is 19.1 Å². The van der Waals surface area contributed by atoms with Gasteiger partial charge in [0.05, 0.1) is 4.47 Å². The summed E-state index contributed by atoms with van der Waals surface area (Å²) in [7, 11) is 0. The van der Waals surface area contributed by atoms with Crippen LogP contribution in [0, 0.1) is 6.92 Å². The van der Waals surface area contributed by atoms with Crippen LogP contribution in [-0.2, 0) is 0 Å². The maximum Gasteiger partial charge on any atom is 0.349 e. The van der Waals surface area contributed by atoms with Crippen molar-refractivity contribution in [2.24, 2.45) is 0 Å². The van der Waals surface area contributed by atoms with Gasteiger partial charge in [0.2, 0.25) is 0 Å². The molecule has 3 rings (SSSR count). The van der Waals surface area contributed by atoms with E-state index in [4.69, 9.17) is 4.42 Å². The van der Waals surface area contributed by atoms with Gasteiger partial charge in [-0.3, -0.25) is 4.79 Å². The van der Waals surface area contributed by atoms with Crippen molar-refractivity contribution in [1.29, 1.82) is 0 Å². The Morgan fingerprint density at radius 1 is 1.09 bits per heavy atom. The van der Waals surface area contributed by atoms with E-state index in [1.165, 1.54) is 6.07 Å². The molecule has 2 aromatic carbocycles. The van der Waals surface area contributed by atoms with Crippen LogP contribution in [0.1, 0.15) is 15.9 Å². The first kappa shape index (κ1) is 16.0. The Morgan fingerprint density at radius 3 is 2.48 bits per heavy atom. The fourth-order valence-corrected chi connectivity index (χ4v) is 3.49. The highest BCUT2D eigenvalue weighted by atomic mass is 79.9. The van der Waals surface area contributed by atoms with E-state index >= 15 is 0 Å². The van der Waals surface area contributed by atoms with Gasteiger partial charge >= 0.3 is 5.63 Å². The van der Waals surface area contributed by atoms with Crippen molar-refractivity contribution >= 4 is 54.4 Å². The normalized spacial score (nSPS) is 10.7. The standard InChI is InChI=1S/C17H11Br2NO3/c1-9-2-4-12(5-3-9)20-16(21)13-7-10-6-11(18)8-14(19)15(10)23-17(13)22/h2-8H,1H3,(H,20,21). The smallest absolute Gasteiger partial charge is 0.349 e. The summed E-state index contributed by atoms with van der Waals surface area (Å²) < 4.78 is 6.73. The molecule has 0 aliphatic carbocycles. The minimum Gasteiger partial charge on any atom is -0.421 e. The molecule has 0 saturated carbocycles. The number of carbonyl (C=O) groups is 1. The van der Waals surface area contributed by atoms with Gasteiger partial charge in [-0.05, 0) is 53.2 Å². The Balaban J connectivity index is 2.01. The van der Waals surface area contributed by atoms with E-state index in [9.17, 15) is 9.59 Å². The number of rotatable bonds is 2. The van der Waals surface area contributed by atoms with Gasteiger partial charge < -0.3 is 9.73 Å². The van der Waals surface area contributed by atoms with Crippen molar-refractivity contribution in [2.75, 3.05) is 5.32 Å². The van der Waals surface area contributed by atoms with Crippen LogP contribution in [0.15, 0.2) is 60.6 Å². The van der Waals surface area contributed by atoms with Crippen molar-refractivity contribution in [3.8, 4) is 0 Å². The lowest BCUT2D eigenvalue weighted by molar-refractivity contribution is 0.102. The number of fused-ring (bicyclic) bond motifs is 1. The molecule has 0 spiro atoms. The summed E-state index contributed by atoms with van der Waals surface area (Å²) in [4.78, 5) is 24.4. The number of halogens is 2. The van der Waals surface area contributed by atoms with Crippen LogP contribution < -0.4 is 10.9 Å². The molecule has 0 aliphatic heterocycles. The Kier molecular flexibility index (Phi) is 4.37. The van der Waals surface area contributed by atoms with Gasteiger partial charge in [-0.25, -0.2) is 4.79 Å². The summed E-state index contributed by atoms with van der Waals surface area (Å²) in [5.41, 5.74) is 1.40. The molecule has 1 aromatic heterocycles. The van der Waals surface area contributed by atoms with E-state index in [1.54, 1.807) is 24.3 Å². The molecular weight excluding hydrogens is 426 g/mol. The molecule has 0 atom stereocenters. The third-order valence-electron chi connectivity index (χ3n) is 3.31. The van der Waals surface area contributed by atoms with Crippen molar-refractivity contribution in [3.05, 3.63) is 73.0 Å². The summed E-state index contributed by atoms with van der Waals surface area (Å²) in [6.07, 6.45) is 0. The number of benzene rings is 2. The zero-order valence-corrected chi connectivity index (χ0v) is 15.2. The number of hydrogen-bond donors (Lipinski definition) is 1.